The van der Waals surface area contributed by atoms with E-state index in [1.165, 1.54) is 0 Å². The molecule has 0 saturated carbocycles. The Morgan fingerprint density at radius 3 is 2.50 bits per heavy atom. The van der Waals surface area contributed by atoms with Crippen molar-refractivity contribution < 1.29 is 17.6 Å². The predicted molar refractivity (Wildman–Crippen MR) is 58.2 cm³/mol. The molecule has 0 radical (unpaired) electrons. The van der Waals surface area contributed by atoms with Crippen LogP contribution in [0.3, 0.4) is 0 Å². The van der Waals surface area contributed by atoms with Crippen LogP contribution in [-0.2, 0) is 12.7 Å². The molecule has 2 rings (SSSR count). The van der Waals surface area contributed by atoms with Crippen LogP contribution in [0.25, 0.3) is 0 Å². The minimum atomic E-state index is -4.52. The Labute approximate surface area is 104 Å². The van der Waals surface area contributed by atoms with E-state index in [9.17, 15) is 13.2 Å². The summed E-state index contributed by atoms with van der Waals surface area (Å²) in [7, 11) is 0. The molecule has 9 heteroatoms. The molecule has 0 saturated heterocycles. The highest BCUT2D eigenvalue weighted by Gasteiger charge is 2.36. The number of nitrogens with zero attached hydrogens (tertiary/aromatic N) is 3. The highest BCUT2D eigenvalue weighted by Crippen LogP contribution is 2.29. The van der Waals surface area contributed by atoms with Gasteiger partial charge >= 0.3 is 6.18 Å². The summed E-state index contributed by atoms with van der Waals surface area (Å²) in [6, 6.07) is 0. The van der Waals surface area contributed by atoms with E-state index < -0.39 is 12.0 Å². The van der Waals surface area contributed by atoms with Gasteiger partial charge in [0.2, 0.25) is 16.8 Å². The summed E-state index contributed by atoms with van der Waals surface area (Å²) in [5, 5.41) is 2.76. The zero-order valence-corrected chi connectivity index (χ0v) is 10.3. The van der Waals surface area contributed by atoms with E-state index in [0.29, 0.717) is 23.2 Å². The number of hydrogen-bond acceptors (Lipinski definition) is 6. The van der Waals surface area contributed by atoms with Crippen LogP contribution in [0.2, 0.25) is 0 Å². The number of aromatic nitrogens is 3. The molecule has 0 aliphatic carbocycles. The number of oxazole rings is 1. The molecule has 5 nitrogen and oxygen atoms in total. The second-order valence-corrected chi connectivity index (χ2v) is 4.28. The summed E-state index contributed by atoms with van der Waals surface area (Å²) in [4.78, 5) is 7.41. The number of alkyl halides is 3. The van der Waals surface area contributed by atoms with Gasteiger partial charge in [-0.3, -0.25) is 0 Å². The average molecular weight is 278 g/mol. The maximum Gasteiger partial charge on any atom is 0.452 e. The van der Waals surface area contributed by atoms with E-state index in [-0.39, 0.29) is 11.7 Å². The van der Waals surface area contributed by atoms with Crippen molar-refractivity contribution in [2.24, 2.45) is 0 Å². The van der Waals surface area contributed by atoms with Crippen LogP contribution in [0.4, 0.5) is 18.3 Å². The van der Waals surface area contributed by atoms with E-state index in [4.69, 9.17) is 4.42 Å². The van der Waals surface area contributed by atoms with Crippen molar-refractivity contribution in [3.63, 3.8) is 0 Å². The van der Waals surface area contributed by atoms with Crippen LogP contribution >= 0.6 is 11.5 Å². The first-order chi connectivity index (χ1) is 8.36. The lowest BCUT2D eigenvalue weighted by atomic mass is 10.4. The highest BCUT2D eigenvalue weighted by molar-refractivity contribution is 7.09. The lowest BCUT2D eigenvalue weighted by molar-refractivity contribution is -0.144. The topological polar surface area (TPSA) is 63.8 Å². The number of rotatable bonds is 3. The van der Waals surface area contributed by atoms with Gasteiger partial charge in [-0.2, -0.15) is 22.5 Å². The molecule has 0 aliphatic rings. The molecule has 0 spiro atoms. The van der Waals surface area contributed by atoms with E-state index in [0.717, 1.165) is 5.69 Å². The molecule has 0 unspecified atom stereocenters. The highest BCUT2D eigenvalue weighted by atomic mass is 32.1. The van der Waals surface area contributed by atoms with Crippen LogP contribution in [0.5, 0.6) is 0 Å². The molecule has 2 heterocycles. The number of anilines is 1. The third-order valence-electron chi connectivity index (χ3n) is 2.14. The quantitative estimate of drug-likeness (QED) is 0.935. The zero-order chi connectivity index (χ0) is 13.3. The molecule has 18 heavy (non-hydrogen) atoms. The van der Waals surface area contributed by atoms with Gasteiger partial charge in [-0.15, -0.1) is 0 Å². The smallest absolute Gasteiger partial charge is 0.444 e. The zero-order valence-electron chi connectivity index (χ0n) is 9.50. The molecule has 0 fully saturated rings. The lowest BCUT2D eigenvalue weighted by Gasteiger charge is -1.99. The summed E-state index contributed by atoms with van der Waals surface area (Å²) < 4.78 is 45.2. The second kappa shape index (κ2) is 4.56. The summed E-state index contributed by atoms with van der Waals surface area (Å²) >= 11 is 0.645. The van der Waals surface area contributed by atoms with Gasteiger partial charge in [-0.25, -0.2) is 4.98 Å². The molecule has 2 aromatic heterocycles. The molecule has 2 aromatic rings. The largest absolute Gasteiger partial charge is 0.452 e. The van der Waals surface area contributed by atoms with E-state index in [2.05, 4.69) is 19.7 Å². The Morgan fingerprint density at radius 2 is 2.00 bits per heavy atom. The SMILES string of the molecule is Cc1nc(CNc2nc(C(F)(F)F)ns2)oc1C. The first-order valence-electron chi connectivity index (χ1n) is 4.94. The number of nitrogens with one attached hydrogen (secondary N) is 1. The fourth-order valence-electron chi connectivity index (χ4n) is 1.18. The second-order valence-electron chi connectivity index (χ2n) is 3.52. The monoisotopic (exact) mass is 278 g/mol. The van der Waals surface area contributed by atoms with Gasteiger partial charge < -0.3 is 9.73 Å². The first-order valence-corrected chi connectivity index (χ1v) is 5.71. The maximum atomic E-state index is 12.2. The minimum Gasteiger partial charge on any atom is -0.444 e. The third kappa shape index (κ3) is 2.78. The number of halogens is 3. The van der Waals surface area contributed by atoms with Crippen molar-refractivity contribution >= 4 is 16.7 Å². The third-order valence-corrected chi connectivity index (χ3v) is 2.82. The van der Waals surface area contributed by atoms with E-state index in [1.54, 1.807) is 13.8 Å². The van der Waals surface area contributed by atoms with Gasteiger partial charge in [0.15, 0.2) is 0 Å². The summed E-state index contributed by atoms with van der Waals surface area (Å²) in [5.41, 5.74) is 0.750. The van der Waals surface area contributed by atoms with Gasteiger partial charge in [-0.05, 0) is 13.8 Å². The van der Waals surface area contributed by atoms with Crippen molar-refractivity contribution in [1.82, 2.24) is 14.3 Å². The molecule has 0 aromatic carbocycles. The molecule has 98 valence electrons. The lowest BCUT2D eigenvalue weighted by Crippen LogP contribution is -2.07. The Morgan fingerprint density at radius 1 is 1.28 bits per heavy atom. The fraction of sp³-hybridized carbons (Fsp3) is 0.444. The Kier molecular flexibility index (Phi) is 3.24. The molecular formula is C9H9F3N4OS. The molecule has 0 amide bonds. The van der Waals surface area contributed by atoms with Crippen molar-refractivity contribution in [3.8, 4) is 0 Å². The van der Waals surface area contributed by atoms with Crippen LogP contribution in [0.15, 0.2) is 4.42 Å². The van der Waals surface area contributed by atoms with Crippen LogP contribution in [-0.4, -0.2) is 14.3 Å². The number of aryl methyl sites for hydroxylation is 2. The summed E-state index contributed by atoms with van der Waals surface area (Å²) in [6.45, 7) is 3.72. The molecular weight excluding hydrogens is 269 g/mol. The Bertz CT molecular complexity index is 529. The van der Waals surface area contributed by atoms with Crippen LogP contribution in [0, 0.1) is 13.8 Å². The van der Waals surface area contributed by atoms with E-state index >= 15 is 0 Å². The van der Waals surface area contributed by atoms with Gasteiger partial charge in [0.25, 0.3) is 0 Å². The maximum absolute atomic E-state index is 12.2. The van der Waals surface area contributed by atoms with E-state index in [1.807, 2.05) is 0 Å². The number of hydrogen-bond donors (Lipinski definition) is 1. The fourth-order valence-corrected chi connectivity index (χ4v) is 1.76. The van der Waals surface area contributed by atoms with Crippen molar-refractivity contribution in [3.05, 3.63) is 23.2 Å². The first kappa shape index (κ1) is 12.8. The predicted octanol–water partition coefficient (Wildman–Crippen LogP) is 2.77. The van der Waals surface area contributed by atoms with Gasteiger partial charge in [0.05, 0.1) is 12.2 Å². The van der Waals surface area contributed by atoms with Gasteiger partial charge in [0.1, 0.15) is 5.76 Å². The van der Waals surface area contributed by atoms with Crippen molar-refractivity contribution in [1.29, 1.82) is 0 Å². The average Bonchev–Trinajstić information content (AvgIpc) is 2.83. The molecule has 0 aliphatic heterocycles. The van der Waals surface area contributed by atoms with Crippen molar-refractivity contribution in [2.45, 2.75) is 26.6 Å². The minimum absolute atomic E-state index is 0.0795. The van der Waals surface area contributed by atoms with Crippen molar-refractivity contribution in [2.75, 3.05) is 5.32 Å². The van der Waals surface area contributed by atoms with Crippen LogP contribution in [0.1, 0.15) is 23.2 Å². The Hall–Kier alpha value is -1.64. The summed E-state index contributed by atoms with van der Waals surface area (Å²) in [5.74, 6) is -0.0661. The molecule has 0 bridgehead atoms. The Balaban J connectivity index is 2.00. The standard InChI is InChI=1S/C9H9F3N4OS/c1-4-5(2)17-6(14-4)3-13-8-15-7(16-18-8)9(10,11)12/h3H2,1-2H3,(H,13,15,16). The van der Waals surface area contributed by atoms with Crippen LogP contribution < -0.4 is 5.32 Å². The van der Waals surface area contributed by atoms with Gasteiger partial charge in [0, 0.05) is 11.5 Å². The summed E-state index contributed by atoms with van der Waals surface area (Å²) in [6.07, 6.45) is -4.52. The van der Waals surface area contributed by atoms with Gasteiger partial charge in [-0.1, -0.05) is 0 Å². The normalized spacial score (nSPS) is 11.8. The molecule has 0 atom stereocenters. The molecule has 1 N–H and O–H groups in total.